The zero-order chi connectivity index (χ0) is 18.8. The van der Waals surface area contributed by atoms with E-state index in [2.05, 4.69) is 40.3 Å². The van der Waals surface area contributed by atoms with Crippen LogP contribution in [-0.2, 0) is 4.79 Å². The molecule has 0 aliphatic carbocycles. The highest BCUT2D eigenvalue weighted by atomic mass is 35.5. The highest BCUT2D eigenvalue weighted by Gasteiger charge is 2.24. The molecule has 0 radical (unpaired) electrons. The lowest BCUT2D eigenvalue weighted by Crippen LogP contribution is -2.38. The maximum atomic E-state index is 12.3. The first-order chi connectivity index (χ1) is 13.1. The minimum Gasteiger partial charge on any atom is -0.342 e. The maximum absolute atomic E-state index is 12.3. The number of aromatic amines is 1. The van der Waals surface area contributed by atoms with Gasteiger partial charge in [0, 0.05) is 5.92 Å². The van der Waals surface area contributed by atoms with Gasteiger partial charge in [0.2, 0.25) is 5.91 Å². The number of nitrogens with one attached hydrogen (secondary N) is 2. The predicted molar refractivity (Wildman–Crippen MR) is 109 cm³/mol. The van der Waals surface area contributed by atoms with E-state index in [1.54, 1.807) is 6.07 Å². The third-order valence-electron chi connectivity index (χ3n) is 5.15. The summed E-state index contributed by atoms with van der Waals surface area (Å²) in [6.45, 7) is 4.25. The molecule has 6 heteroatoms. The Labute approximate surface area is 163 Å². The average molecular weight is 383 g/mol. The summed E-state index contributed by atoms with van der Waals surface area (Å²) in [7, 11) is 0. The second-order valence-corrected chi connectivity index (χ2v) is 7.63. The van der Waals surface area contributed by atoms with E-state index in [1.807, 2.05) is 18.2 Å². The Morgan fingerprint density at radius 3 is 2.81 bits per heavy atom. The largest absolute Gasteiger partial charge is 0.342 e. The number of fused-ring (bicyclic) bond motifs is 1. The van der Waals surface area contributed by atoms with Crippen LogP contribution in [0.2, 0.25) is 5.02 Å². The Hall–Kier alpha value is -2.37. The molecule has 0 spiro atoms. The fourth-order valence-corrected chi connectivity index (χ4v) is 3.84. The van der Waals surface area contributed by atoms with Crippen molar-refractivity contribution < 1.29 is 4.79 Å². The second-order valence-electron chi connectivity index (χ2n) is 7.22. The van der Waals surface area contributed by atoms with Gasteiger partial charge >= 0.3 is 0 Å². The Kier molecular flexibility index (Phi) is 5.14. The van der Waals surface area contributed by atoms with E-state index in [1.165, 1.54) is 5.56 Å². The van der Waals surface area contributed by atoms with Gasteiger partial charge in [-0.15, -0.1) is 0 Å². The molecule has 1 aromatic heterocycles. The fourth-order valence-electron chi connectivity index (χ4n) is 3.66. The van der Waals surface area contributed by atoms with Crippen LogP contribution in [0.3, 0.4) is 0 Å². The number of amides is 1. The molecule has 1 aliphatic rings. The van der Waals surface area contributed by atoms with E-state index >= 15 is 0 Å². The standard InChI is InChI=1S/C21H23ClN4O/c1-14-6-7-18-19(12-14)25-21(24-18)15-8-10-26(11-9-15)13-20(27)23-17-5-3-2-4-16(17)22/h2-7,12,15H,8-11,13H2,1H3,(H,23,27)(H,24,25). The number of likely N-dealkylation sites (tertiary alicyclic amines) is 1. The lowest BCUT2D eigenvalue weighted by atomic mass is 9.96. The van der Waals surface area contributed by atoms with Crippen molar-refractivity contribution in [2.24, 2.45) is 0 Å². The number of aromatic nitrogens is 2. The lowest BCUT2D eigenvalue weighted by molar-refractivity contribution is -0.117. The zero-order valence-corrected chi connectivity index (χ0v) is 16.1. The lowest BCUT2D eigenvalue weighted by Gasteiger charge is -2.30. The van der Waals surface area contributed by atoms with Crippen LogP contribution >= 0.6 is 11.6 Å². The Morgan fingerprint density at radius 1 is 1.26 bits per heavy atom. The van der Waals surface area contributed by atoms with E-state index in [4.69, 9.17) is 16.6 Å². The highest BCUT2D eigenvalue weighted by molar-refractivity contribution is 6.33. The zero-order valence-electron chi connectivity index (χ0n) is 15.3. The average Bonchev–Trinajstić information content (AvgIpc) is 3.07. The van der Waals surface area contributed by atoms with Gasteiger partial charge in [0.05, 0.1) is 28.3 Å². The van der Waals surface area contributed by atoms with Crippen LogP contribution in [0.1, 0.15) is 30.1 Å². The first-order valence-electron chi connectivity index (χ1n) is 9.31. The number of piperidine rings is 1. The van der Waals surface area contributed by atoms with Crippen LogP contribution in [0.4, 0.5) is 5.69 Å². The molecular formula is C21H23ClN4O. The summed E-state index contributed by atoms with van der Waals surface area (Å²) in [6, 6.07) is 13.6. The number of H-pyrrole nitrogens is 1. The molecule has 1 amide bonds. The van der Waals surface area contributed by atoms with Gasteiger partial charge in [0.1, 0.15) is 5.82 Å². The van der Waals surface area contributed by atoms with Gasteiger partial charge in [0.15, 0.2) is 0 Å². The molecule has 5 nitrogen and oxygen atoms in total. The summed E-state index contributed by atoms with van der Waals surface area (Å²) in [6.07, 6.45) is 2.00. The van der Waals surface area contributed by atoms with Crippen molar-refractivity contribution in [3.63, 3.8) is 0 Å². The number of aryl methyl sites for hydroxylation is 1. The number of rotatable bonds is 4. The van der Waals surface area contributed by atoms with E-state index in [-0.39, 0.29) is 5.91 Å². The Morgan fingerprint density at radius 2 is 2.04 bits per heavy atom. The van der Waals surface area contributed by atoms with Crippen molar-refractivity contribution >= 4 is 34.2 Å². The molecule has 0 saturated carbocycles. The van der Waals surface area contributed by atoms with Crippen molar-refractivity contribution in [2.75, 3.05) is 25.0 Å². The minimum atomic E-state index is -0.0271. The van der Waals surface area contributed by atoms with Crippen LogP contribution in [0.25, 0.3) is 11.0 Å². The third kappa shape index (κ3) is 4.15. The molecule has 0 bridgehead atoms. The summed E-state index contributed by atoms with van der Waals surface area (Å²) in [5, 5.41) is 3.45. The molecule has 0 atom stereocenters. The van der Waals surface area contributed by atoms with Gasteiger partial charge in [-0.1, -0.05) is 29.8 Å². The van der Waals surface area contributed by atoms with Crippen LogP contribution in [0, 0.1) is 6.92 Å². The Bertz CT molecular complexity index is 960. The molecule has 2 N–H and O–H groups in total. The molecule has 1 fully saturated rings. The molecule has 0 unspecified atom stereocenters. The number of benzene rings is 2. The van der Waals surface area contributed by atoms with E-state index in [0.29, 0.717) is 23.2 Å². The van der Waals surface area contributed by atoms with Crippen LogP contribution in [-0.4, -0.2) is 40.4 Å². The van der Waals surface area contributed by atoms with Crippen molar-refractivity contribution in [1.82, 2.24) is 14.9 Å². The third-order valence-corrected chi connectivity index (χ3v) is 5.47. The number of anilines is 1. The molecule has 2 heterocycles. The SMILES string of the molecule is Cc1ccc2nc(C3CCN(CC(=O)Nc4ccccc4Cl)CC3)[nH]c2c1. The Balaban J connectivity index is 1.33. The van der Waals surface area contributed by atoms with Gasteiger partial charge in [-0.05, 0) is 62.7 Å². The number of nitrogens with zero attached hydrogens (tertiary/aromatic N) is 2. The number of hydrogen-bond acceptors (Lipinski definition) is 3. The summed E-state index contributed by atoms with van der Waals surface area (Å²) in [4.78, 5) is 22.7. The van der Waals surface area contributed by atoms with Crippen molar-refractivity contribution in [2.45, 2.75) is 25.7 Å². The quantitative estimate of drug-likeness (QED) is 0.705. The second kappa shape index (κ2) is 7.71. The van der Waals surface area contributed by atoms with Gasteiger partial charge in [-0.2, -0.15) is 0 Å². The van der Waals surface area contributed by atoms with E-state index < -0.39 is 0 Å². The van der Waals surface area contributed by atoms with Crippen LogP contribution in [0.15, 0.2) is 42.5 Å². The molecule has 27 heavy (non-hydrogen) atoms. The summed E-state index contributed by atoms with van der Waals surface area (Å²) < 4.78 is 0. The van der Waals surface area contributed by atoms with Crippen molar-refractivity contribution in [3.05, 3.63) is 58.9 Å². The molecule has 1 saturated heterocycles. The summed E-state index contributed by atoms with van der Waals surface area (Å²) >= 11 is 6.10. The number of carbonyl (C=O) groups is 1. The van der Waals surface area contributed by atoms with Gasteiger partial charge in [-0.3, -0.25) is 9.69 Å². The topological polar surface area (TPSA) is 61.0 Å². The van der Waals surface area contributed by atoms with Crippen molar-refractivity contribution in [3.8, 4) is 0 Å². The van der Waals surface area contributed by atoms with Gasteiger partial charge in [-0.25, -0.2) is 4.98 Å². The predicted octanol–water partition coefficient (Wildman–Crippen LogP) is 4.34. The van der Waals surface area contributed by atoms with Crippen LogP contribution in [0.5, 0.6) is 0 Å². The minimum absolute atomic E-state index is 0.0271. The van der Waals surface area contributed by atoms with Gasteiger partial charge < -0.3 is 10.3 Å². The number of hydrogen-bond donors (Lipinski definition) is 2. The maximum Gasteiger partial charge on any atom is 0.238 e. The normalized spacial score (nSPS) is 15.9. The number of imidazole rings is 1. The summed E-state index contributed by atoms with van der Waals surface area (Å²) in [5.41, 5.74) is 4.03. The molecule has 4 rings (SSSR count). The molecule has 1 aliphatic heterocycles. The first kappa shape index (κ1) is 18.0. The van der Waals surface area contributed by atoms with E-state index in [0.717, 1.165) is 42.8 Å². The number of para-hydroxylation sites is 1. The van der Waals surface area contributed by atoms with Gasteiger partial charge in [0.25, 0.3) is 0 Å². The molecular weight excluding hydrogens is 360 g/mol. The molecule has 3 aromatic rings. The van der Waals surface area contributed by atoms with Crippen molar-refractivity contribution in [1.29, 1.82) is 0 Å². The highest BCUT2D eigenvalue weighted by Crippen LogP contribution is 2.28. The first-order valence-corrected chi connectivity index (χ1v) is 9.69. The number of halogens is 1. The molecule has 140 valence electrons. The number of carbonyl (C=O) groups excluding carboxylic acids is 1. The molecule has 2 aromatic carbocycles. The summed E-state index contributed by atoms with van der Waals surface area (Å²) in [5.74, 6) is 1.46. The smallest absolute Gasteiger partial charge is 0.238 e. The fraction of sp³-hybridized carbons (Fsp3) is 0.333. The monoisotopic (exact) mass is 382 g/mol. The van der Waals surface area contributed by atoms with E-state index in [9.17, 15) is 4.79 Å². The van der Waals surface area contributed by atoms with Crippen LogP contribution < -0.4 is 5.32 Å².